The molecule has 1 aromatic heterocycles. The average Bonchev–Trinajstić information content (AvgIpc) is 2.07. The zero-order valence-corrected chi connectivity index (χ0v) is 8.87. The van der Waals surface area contributed by atoms with Crippen molar-refractivity contribution in [1.29, 1.82) is 0 Å². The Morgan fingerprint density at radius 1 is 1.15 bits per heavy atom. The fraction of sp³-hybridized carbons (Fsp3) is 0.250. The molecule has 0 saturated carbocycles. The van der Waals surface area contributed by atoms with E-state index >= 15 is 0 Å². The molecule has 0 aliphatic carbocycles. The van der Waals surface area contributed by atoms with E-state index in [-0.39, 0.29) is 0 Å². The van der Waals surface area contributed by atoms with Crippen LogP contribution in [0.25, 0.3) is 0 Å². The van der Waals surface area contributed by atoms with Gasteiger partial charge in [0.05, 0.1) is 0 Å². The molecule has 9 heteroatoms. The molecule has 0 aliphatic rings. The van der Waals surface area contributed by atoms with Gasteiger partial charge in [-0.05, 0) is 6.92 Å². The van der Waals surface area contributed by atoms with Gasteiger partial charge < -0.3 is 4.98 Å². The van der Waals surface area contributed by atoms with Gasteiger partial charge in [-0.1, -0.05) is 0 Å². The first-order chi connectivity index (χ1) is 5.34. The second kappa shape index (κ2) is 2.80. The van der Waals surface area contributed by atoms with Gasteiger partial charge in [0.15, 0.2) is 0 Å². The molecule has 0 fully saturated rings. The van der Waals surface area contributed by atoms with Crippen molar-refractivity contribution in [3.63, 3.8) is 0 Å². The van der Waals surface area contributed by atoms with Crippen molar-refractivity contribution >= 4 is 19.5 Å². The minimum absolute atomic E-state index is 0.968. The first kappa shape index (κ1) is 12.6. The maximum absolute atomic E-state index is 11.2. The van der Waals surface area contributed by atoms with Gasteiger partial charge in [-0.15, -0.1) is 0 Å². The number of aryl methyl sites for hydroxylation is 1. The Hall–Kier alpha value is -0.392. The van der Waals surface area contributed by atoms with E-state index in [0.717, 1.165) is 5.82 Å². The molecule has 0 spiro atoms. The number of halogens is 6. The number of hydrogen-bond acceptors (Lipinski definition) is 1. The molecule has 0 saturated heterocycles. The topological polar surface area (TPSA) is 28.7 Å². The van der Waals surface area contributed by atoms with Crippen molar-refractivity contribution in [1.82, 2.24) is 9.97 Å². The number of aromatic nitrogens is 2. The van der Waals surface area contributed by atoms with Crippen LogP contribution in [-0.4, -0.2) is 29.4 Å². The van der Waals surface area contributed by atoms with Crippen LogP contribution in [0.4, 0.5) is 16.9 Å². The third-order valence-corrected chi connectivity index (χ3v) is 0.635. The Balaban J connectivity index is 0.000000223. The summed E-state index contributed by atoms with van der Waals surface area (Å²) in [6.07, 6.45) is 3.53. The summed E-state index contributed by atoms with van der Waals surface area (Å²) in [6, 6.07) is 0. The van der Waals surface area contributed by atoms with Crippen LogP contribution >= 0.6 is 0 Å². The van der Waals surface area contributed by atoms with Gasteiger partial charge in [-0.3, -0.25) is 0 Å². The van der Waals surface area contributed by atoms with Crippen molar-refractivity contribution in [2.75, 3.05) is 0 Å². The van der Waals surface area contributed by atoms with Crippen LogP contribution < -0.4 is 0 Å². The second-order valence-corrected chi connectivity index (χ2v) is 7.60. The molecule has 0 aromatic carbocycles. The van der Waals surface area contributed by atoms with Crippen molar-refractivity contribution < 1.29 is 16.9 Å². The molecular weight excluding hydrogens is 312 g/mol. The summed E-state index contributed by atoms with van der Waals surface area (Å²) in [5.74, 6) is 0.968. The maximum atomic E-state index is 9.93. The number of rotatable bonds is 0. The van der Waals surface area contributed by atoms with Crippen molar-refractivity contribution in [2.24, 2.45) is 0 Å². The summed E-state index contributed by atoms with van der Waals surface area (Å²) in [6.45, 7) is 1.92. The molecule has 1 aromatic rings. The van der Waals surface area contributed by atoms with Crippen LogP contribution in [-0.2, 0) is 0 Å². The molecule has 0 bridgehead atoms. The minimum atomic E-state index is -11.2. The molecule has 0 atom stereocenters. The van der Waals surface area contributed by atoms with Gasteiger partial charge in [-0.25, -0.2) is 4.98 Å². The number of imidazole rings is 1. The number of aromatic amines is 1. The van der Waals surface area contributed by atoms with Crippen LogP contribution in [0.5, 0.6) is 0 Å². The molecule has 1 heterocycles. The van der Waals surface area contributed by atoms with Crippen LogP contribution in [0.3, 0.4) is 0 Å². The van der Waals surface area contributed by atoms with Gasteiger partial charge in [-0.2, -0.15) is 0 Å². The molecule has 0 radical (unpaired) electrons. The quantitative estimate of drug-likeness (QED) is 0.578. The normalized spacial score (nSPS) is 16.5. The fourth-order valence-corrected chi connectivity index (χ4v) is 0.344. The Bertz CT molecular complexity index is 247. The number of hydrogen-bond donors (Lipinski definition) is 1. The zero-order chi connectivity index (χ0) is 10.8. The molecule has 0 aliphatic heterocycles. The Morgan fingerprint density at radius 2 is 1.54 bits per heavy atom. The van der Waals surface area contributed by atoms with Crippen LogP contribution in [0.2, 0.25) is 0 Å². The van der Waals surface area contributed by atoms with E-state index < -0.39 is 19.5 Å². The van der Waals surface area contributed by atoms with Gasteiger partial charge in [0.25, 0.3) is 0 Å². The molecule has 13 heavy (non-hydrogen) atoms. The first-order valence-electron chi connectivity index (χ1n) is 2.87. The summed E-state index contributed by atoms with van der Waals surface area (Å²) < 4.78 is 59.6. The van der Waals surface area contributed by atoms with E-state index in [1.54, 1.807) is 12.4 Å². The summed E-state index contributed by atoms with van der Waals surface area (Å²) in [5.41, 5.74) is 0. The van der Waals surface area contributed by atoms with E-state index in [2.05, 4.69) is 9.97 Å². The number of nitrogens with one attached hydrogen (secondary N) is 1. The molecule has 2 nitrogen and oxygen atoms in total. The predicted molar refractivity (Wildman–Crippen MR) is 35.7 cm³/mol. The summed E-state index contributed by atoms with van der Waals surface area (Å²) in [7, 11) is 0. The average molecular weight is 318 g/mol. The predicted octanol–water partition coefficient (Wildman–Crippen LogP) is 2.86. The van der Waals surface area contributed by atoms with E-state index in [9.17, 15) is 16.9 Å². The summed E-state index contributed by atoms with van der Waals surface area (Å²) >= 11 is -11.2. The molecule has 0 unspecified atom stereocenters. The van der Waals surface area contributed by atoms with E-state index in [1.807, 2.05) is 6.92 Å². The Labute approximate surface area is 71.9 Å². The second-order valence-electron chi connectivity index (χ2n) is 2.13. The SMILES string of the molecule is Cc1ncc[nH]1.[F][Sb-]([F])([F])([F])([F])[F]. The van der Waals surface area contributed by atoms with Crippen LogP contribution in [0, 0.1) is 6.92 Å². The van der Waals surface area contributed by atoms with E-state index in [1.165, 1.54) is 0 Å². The molecule has 1 N–H and O–H groups in total. The summed E-state index contributed by atoms with van der Waals surface area (Å²) in [4.78, 5) is 6.75. The van der Waals surface area contributed by atoms with Crippen molar-refractivity contribution in [2.45, 2.75) is 6.92 Å². The standard InChI is InChI=1S/C4H6N2.6FH.Sb/c1-4-5-2-3-6-4;;;;;;;/h2-3H,1H3,(H,5,6);6*1H;/q;;;;;;;+5/p-6. The molecule has 1 rings (SSSR count). The van der Waals surface area contributed by atoms with Gasteiger partial charge >= 0.3 is 36.4 Å². The van der Waals surface area contributed by atoms with Crippen molar-refractivity contribution in [3.05, 3.63) is 18.2 Å². The van der Waals surface area contributed by atoms with Crippen molar-refractivity contribution in [3.8, 4) is 0 Å². The number of H-pyrrole nitrogens is 1. The van der Waals surface area contributed by atoms with E-state index in [4.69, 9.17) is 0 Å². The molecule has 0 amide bonds. The number of nitrogens with zero attached hydrogens (tertiary/aromatic N) is 1. The Kier molecular flexibility index (Phi) is 2.71. The zero-order valence-electron chi connectivity index (χ0n) is 6.32. The summed E-state index contributed by atoms with van der Waals surface area (Å²) in [5, 5.41) is 0. The molecular formula is C4H6F6N2Sb-. The van der Waals surface area contributed by atoms with Gasteiger partial charge in [0, 0.05) is 12.4 Å². The van der Waals surface area contributed by atoms with E-state index in [0.29, 0.717) is 0 Å². The van der Waals surface area contributed by atoms with Gasteiger partial charge in [0.2, 0.25) is 0 Å². The molecule has 80 valence electrons. The third kappa shape index (κ3) is 24.5. The first-order valence-corrected chi connectivity index (χ1v) is 8.66. The van der Waals surface area contributed by atoms with Crippen LogP contribution in [0.1, 0.15) is 5.82 Å². The fourth-order valence-electron chi connectivity index (χ4n) is 0.344. The van der Waals surface area contributed by atoms with Gasteiger partial charge in [0.1, 0.15) is 5.82 Å². The third-order valence-electron chi connectivity index (χ3n) is 0.635. The van der Waals surface area contributed by atoms with Crippen LogP contribution in [0.15, 0.2) is 12.4 Å². The Morgan fingerprint density at radius 3 is 1.62 bits per heavy atom. The monoisotopic (exact) mass is 317 g/mol.